The maximum Gasteiger partial charge on any atom is 0.128 e. The van der Waals surface area contributed by atoms with Crippen molar-refractivity contribution < 1.29 is 9.84 Å². The van der Waals surface area contributed by atoms with Crippen LogP contribution in [0.4, 0.5) is 5.69 Å². The molecule has 3 nitrogen and oxygen atoms in total. The van der Waals surface area contributed by atoms with Crippen molar-refractivity contribution in [3.63, 3.8) is 0 Å². The summed E-state index contributed by atoms with van der Waals surface area (Å²) in [6.07, 6.45) is 1.71. The van der Waals surface area contributed by atoms with Crippen LogP contribution in [-0.4, -0.2) is 18.4 Å². The van der Waals surface area contributed by atoms with Crippen LogP contribution < -0.4 is 4.74 Å². The molecule has 122 valence electrons. The molecule has 0 bridgehead atoms. The third kappa shape index (κ3) is 3.73. The highest BCUT2D eigenvalue weighted by Crippen LogP contribution is 2.36. The summed E-state index contributed by atoms with van der Waals surface area (Å²) in [7, 11) is 1.63. The van der Waals surface area contributed by atoms with E-state index in [0.717, 1.165) is 28.1 Å². The van der Waals surface area contributed by atoms with Crippen LogP contribution in [0.15, 0.2) is 35.3 Å². The van der Waals surface area contributed by atoms with E-state index in [1.165, 1.54) is 0 Å². The molecule has 2 rings (SSSR count). The van der Waals surface area contributed by atoms with Gasteiger partial charge in [-0.3, -0.25) is 4.99 Å². The average molecular weight is 311 g/mol. The Hall–Kier alpha value is -2.29. The van der Waals surface area contributed by atoms with Crippen molar-refractivity contribution in [1.29, 1.82) is 0 Å². The molecule has 2 aromatic carbocycles. The minimum atomic E-state index is -0.181. The van der Waals surface area contributed by atoms with Gasteiger partial charge in [0.1, 0.15) is 11.5 Å². The molecule has 0 radical (unpaired) electrons. The summed E-state index contributed by atoms with van der Waals surface area (Å²) in [6, 6.07) is 9.77. The normalized spacial score (nSPS) is 11.9. The molecule has 0 aliphatic heterocycles. The molecule has 1 N–H and O–H groups in total. The Labute approximate surface area is 138 Å². The molecule has 0 unspecified atom stereocenters. The highest BCUT2D eigenvalue weighted by atomic mass is 16.5. The summed E-state index contributed by atoms with van der Waals surface area (Å²) < 4.78 is 5.37. The van der Waals surface area contributed by atoms with Gasteiger partial charge in [0.2, 0.25) is 0 Å². The zero-order valence-electron chi connectivity index (χ0n) is 14.8. The second kappa shape index (κ2) is 6.45. The van der Waals surface area contributed by atoms with Gasteiger partial charge in [0.15, 0.2) is 0 Å². The molecule has 3 heteroatoms. The molecule has 0 amide bonds. The summed E-state index contributed by atoms with van der Waals surface area (Å²) in [6.45, 7) is 10.3. The third-order valence-corrected chi connectivity index (χ3v) is 3.93. The van der Waals surface area contributed by atoms with E-state index in [9.17, 15) is 5.11 Å². The van der Waals surface area contributed by atoms with E-state index in [1.807, 2.05) is 44.2 Å². The highest BCUT2D eigenvalue weighted by Gasteiger charge is 2.21. The van der Waals surface area contributed by atoms with Crippen LogP contribution in [-0.2, 0) is 5.41 Å². The maximum absolute atomic E-state index is 10.6. The number of phenols is 1. The van der Waals surface area contributed by atoms with Crippen molar-refractivity contribution >= 4 is 11.9 Å². The van der Waals surface area contributed by atoms with Crippen molar-refractivity contribution in [3.8, 4) is 11.5 Å². The minimum Gasteiger partial charge on any atom is -0.507 e. The number of phenolic OH excluding ortho intramolecular Hbond substituents is 1. The van der Waals surface area contributed by atoms with Crippen molar-refractivity contribution in [2.24, 2.45) is 4.99 Å². The monoisotopic (exact) mass is 311 g/mol. The predicted molar refractivity (Wildman–Crippen MR) is 96.5 cm³/mol. The van der Waals surface area contributed by atoms with Gasteiger partial charge in [0.25, 0.3) is 0 Å². The number of para-hydroxylation sites is 1. The molecule has 0 aliphatic rings. The molecule has 0 saturated heterocycles. The SMILES string of the molecule is COc1cc(C=Nc2c(C)cccc2C)c(O)c(C(C)(C)C)c1. The summed E-state index contributed by atoms with van der Waals surface area (Å²) in [4.78, 5) is 4.59. The highest BCUT2D eigenvalue weighted by molar-refractivity contribution is 5.87. The number of rotatable bonds is 3. The number of benzene rings is 2. The Morgan fingerprint density at radius 3 is 2.22 bits per heavy atom. The Kier molecular flexibility index (Phi) is 4.79. The molecule has 0 aliphatic carbocycles. The second-order valence-corrected chi connectivity index (χ2v) is 6.86. The van der Waals surface area contributed by atoms with E-state index in [-0.39, 0.29) is 11.2 Å². The van der Waals surface area contributed by atoms with Crippen LogP contribution in [0.1, 0.15) is 43.0 Å². The summed E-state index contributed by atoms with van der Waals surface area (Å²) in [5, 5.41) is 10.6. The number of hydrogen-bond acceptors (Lipinski definition) is 3. The van der Waals surface area contributed by atoms with E-state index in [2.05, 4.69) is 25.8 Å². The molecule has 23 heavy (non-hydrogen) atoms. The average Bonchev–Trinajstić information content (AvgIpc) is 2.47. The van der Waals surface area contributed by atoms with Gasteiger partial charge in [0, 0.05) is 17.3 Å². The molecule has 0 heterocycles. The number of nitrogens with zero attached hydrogens (tertiary/aromatic N) is 1. The lowest BCUT2D eigenvalue weighted by atomic mass is 9.85. The van der Waals surface area contributed by atoms with Gasteiger partial charge in [0.05, 0.1) is 12.8 Å². The summed E-state index contributed by atoms with van der Waals surface area (Å²) in [5.74, 6) is 0.976. The fourth-order valence-electron chi connectivity index (χ4n) is 2.56. The second-order valence-electron chi connectivity index (χ2n) is 6.86. The first kappa shape index (κ1) is 17.1. The van der Waals surface area contributed by atoms with Gasteiger partial charge >= 0.3 is 0 Å². The first-order valence-corrected chi connectivity index (χ1v) is 7.76. The van der Waals surface area contributed by atoms with E-state index in [0.29, 0.717) is 5.56 Å². The number of aromatic hydroxyl groups is 1. The van der Waals surface area contributed by atoms with Gasteiger partial charge in [-0.05, 0) is 42.5 Å². The van der Waals surface area contributed by atoms with Crippen LogP contribution >= 0.6 is 0 Å². The van der Waals surface area contributed by atoms with Crippen LogP contribution in [0.5, 0.6) is 11.5 Å². The molecule has 0 saturated carbocycles. The van der Waals surface area contributed by atoms with Crippen LogP contribution in [0.25, 0.3) is 0 Å². The minimum absolute atomic E-state index is 0.181. The lowest BCUT2D eigenvalue weighted by Gasteiger charge is -2.22. The van der Waals surface area contributed by atoms with Gasteiger partial charge in [-0.15, -0.1) is 0 Å². The van der Waals surface area contributed by atoms with Crippen LogP contribution in [0, 0.1) is 13.8 Å². The standard InChI is InChI=1S/C20H25NO2/c1-13-8-7-9-14(2)18(13)21-12-15-10-16(23-6)11-17(19(15)22)20(3,4)5/h7-12,22H,1-6H3. The number of aliphatic imine (C=N–C) groups is 1. The zero-order valence-corrected chi connectivity index (χ0v) is 14.8. The van der Waals surface area contributed by atoms with E-state index < -0.39 is 0 Å². The number of ether oxygens (including phenoxy) is 1. The smallest absolute Gasteiger partial charge is 0.128 e. The Bertz CT molecular complexity index is 720. The number of methoxy groups -OCH3 is 1. The molecule has 0 aromatic heterocycles. The van der Waals surface area contributed by atoms with Crippen LogP contribution in [0.2, 0.25) is 0 Å². The number of hydrogen-bond donors (Lipinski definition) is 1. The van der Waals surface area contributed by atoms with Gasteiger partial charge in [-0.25, -0.2) is 0 Å². The van der Waals surface area contributed by atoms with Crippen molar-refractivity contribution in [2.75, 3.05) is 7.11 Å². The lowest BCUT2D eigenvalue weighted by Crippen LogP contribution is -2.12. The fourth-order valence-corrected chi connectivity index (χ4v) is 2.56. The molecule has 2 aromatic rings. The van der Waals surface area contributed by atoms with Crippen molar-refractivity contribution in [3.05, 3.63) is 52.6 Å². The fraction of sp³-hybridized carbons (Fsp3) is 0.350. The summed E-state index contributed by atoms with van der Waals surface area (Å²) >= 11 is 0. The lowest BCUT2D eigenvalue weighted by molar-refractivity contribution is 0.405. The Morgan fingerprint density at radius 2 is 1.70 bits per heavy atom. The van der Waals surface area contributed by atoms with Crippen LogP contribution in [0.3, 0.4) is 0 Å². The molecule has 0 spiro atoms. The largest absolute Gasteiger partial charge is 0.507 e. The van der Waals surface area contributed by atoms with E-state index >= 15 is 0 Å². The Balaban J connectivity index is 2.53. The van der Waals surface area contributed by atoms with E-state index in [1.54, 1.807) is 13.3 Å². The first-order valence-electron chi connectivity index (χ1n) is 7.76. The number of aryl methyl sites for hydroxylation is 2. The van der Waals surface area contributed by atoms with Crippen molar-refractivity contribution in [2.45, 2.75) is 40.0 Å². The molecular weight excluding hydrogens is 286 g/mol. The summed E-state index contributed by atoms with van der Waals surface area (Å²) in [5.41, 5.74) is 4.49. The predicted octanol–water partition coefficient (Wildman–Crippen LogP) is 5.07. The first-order chi connectivity index (χ1) is 10.7. The van der Waals surface area contributed by atoms with Crippen molar-refractivity contribution in [1.82, 2.24) is 0 Å². The molecule has 0 fully saturated rings. The van der Waals surface area contributed by atoms with Gasteiger partial charge in [-0.1, -0.05) is 39.0 Å². The topological polar surface area (TPSA) is 41.8 Å². The zero-order chi connectivity index (χ0) is 17.2. The molecule has 0 atom stereocenters. The van der Waals surface area contributed by atoms with E-state index in [4.69, 9.17) is 4.74 Å². The Morgan fingerprint density at radius 1 is 1.09 bits per heavy atom. The van der Waals surface area contributed by atoms with Gasteiger partial charge in [-0.2, -0.15) is 0 Å². The molecular formula is C20H25NO2. The third-order valence-electron chi connectivity index (χ3n) is 3.93. The van der Waals surface area contributed by atoms with Gasteiger partial charge < -0.3 is 9.84 Å². The maximum atomic E-state index is 10.6. The quantitative estimate of drug-likeness (QED) is 0.804.